The van der Waals surface area contributed by atoms with Crippen LogP contribution in [0.4, 0.5) is 5.69 Å². The minimum atomic E-state index is -0.547. The molecule has 1 aromatic heterocycles. The van der Waals surface area contributed by atoms with Gasteiger partial charge >= 0.3 is 5.97 Å². The van der Waals surface area contributed by atoms with E-state index >= 15 is 0 Å². The van der Waals surface area contributed by atoms with Gasteiger partial charge in [-0.3, -0.25) is 5.43 Å². The lowest BCUT2D eigenvalue weighted by Gasteiger charge is -2.05. The normalized spacial score (nSPS) is 10.6. The topological polar surface area (TPSA) is 87.6 Å². The van der Waals surface area contributed by atoms with E-state index in [9.17, 15) is 4.79 Å². The van der Waals surface area contributed by atoms with Gasteiger partial charge in [0.15, 0.2) is 6.61 Å². The molecule has 3 aromatic rings. The molecule has 6 nitrogen and oxygen atoms in total. The number of nitriles is 1. The van der Waals surface area contributed by atoms with Crippen LogP contribution in [0.5, 0.6) is 0 Å². The molecule has 0 saturated heterocycles. The smallest absolute Gasteiger partial charge is 0.339 e. The number of aryl methyl sites for hydroxylation is 2. The summed E-state index contributed by atoms with van der Waals surface area (Å²) in [6, 6.07) is 18.3. The number of carbonyl (C=O) groups excluding carboxylic acids is 1. The van der Waals surface area contributed by atoms with E-state index in [-0.39, 0.29) is 6.61 Å². The van der Waals surface area contributed by atoms with Gasteiger partial charge in [0, 0.05) is 5.56 Å². The molecule has 0 unspecified atom stereocenters. The fourth-order valence-electron chi connectivity index (χ4n) is 2.66. The molecule has 140 valence electrons. The highest BCUT2D eigenvalue weighted by Gasteiger charge is 2.10. The van der Waals surface area contributed by atoms with Crippen molar-refractivity contribution in [2.45, 2.75) is 13.8 Å². The highest BCUT2D eigenvalue weighted by Crippen LogP contribution is 2.23. The van der Waals surface area contributed by atoms with Crippen LogP contribution in [0.15, 0.2) is 64.1 Å². The Balaban J connectivity index is 1.70. The monoisotopic (exact) mass is 373 g/mol. The van der Waals surface area contributed by atoms with Gasteiger partial charge in [-0.05, 0) is 49.7 Å². The zero-order valence-electron chi connectivity index (χ0n) is 15.6. The number of hydrazone groups is 1. The SMILES string of the molecule is Cc1ccc(N/N=C\c2ccc(-c3cccc(C(=O)OCC#N)c3)o2)c(C)c1. The first-order chi connectivity index (χ1) is 13.6. The van der Waals surface area contributed by atoms with Gasteiger partial charge in [-0.25, -0.2) is 4.79 Å². The molecule has 1 heterocycles. The summed E-state index contributed by atoms with van der Waals surface area (Å²) in [7, 11) is 0. The molecule has 0 aliphatic carbocycles. The van der Waals surface area contributed by atoms with Gasteiger partial charge in [-0.2, -0.15) is 10.4 Å². The Hall–Kier alpha value is -3.85. The second-order valence-electron chi connectivity index (χ2n) is 6.21. The van der Waals surface area contributed by atoms with E-state index in [0.29, 0.717) is 17.1 Å². The van der Waals surface area contributed by atoms with Gasteiger partial charge in [0.25, 0.3) is 0 Å². The summed E-state index contributed by atoms with van der Waals surface area (Å²) in [5.41, 5.74) is 7.32. The third kappa shape index (κ3) is 4.65. The Morgan fingerprint density at radius 1 is 1.21 bits per heavy atom. The van der Waals surface area contributed by atoms with Crippen molar-refractivity contribution in [3.8, 4) is 17.4 Å². The summed E-state index contributed by atoms with van der Waals surface area (Å²) in [4.78, 5) is 11.9. The number of nitrogens with one attached hydrogen (secondary N) is 1. The highest BCUT2D eigenvalue weighted by atomic mass is 16.5. The molecular formula is C22H19N3O3. The maximum Gasteiger partial charge on any atom is 0.339 e. The Morgan fingerprint density at radius 3 is 2.86 bits per heavy atom. The summed E-state index contributed by atoms with van der Waals surface area (Å²) >= 11 is 0. The molecule has 0 saturated carbocycles. The molecule has 0 aliphatic heterocycles. The predicted molar refractivity (Wildman–Crippen MR) is 107 cm³/mol. The average Bonchev–Trinajstić information content (AvgIpc) is 3.17. The highest BCUT2D eigenvalue weighted by molar-refractivity contribution is 5.91. The van der Waals surface area contributed by atoms with Crippen molar-refractivity contribution in [1.82, 2.24) is 0 Å². The predicted octanol–water partition coefficient (Wildman–Crippen LogP) is 4.69. The average molecular weight is 373 g/mol. The van der Waals surface area contributed by atoms with Gasteiger partial charge in [0.2, 0.25) is 0 Å². The lowest BCUT2D eigenvalue weighted by Crippen LogP contribution is -2.05. The lowest BCUT2D eigenvalue weighted by atomic mass is 10.1. The first-order valence-electron chi connectivity index (χ1n) is 8.67. The van der Waals surface area contributed by atoms with Crippen molar-refractivity contribution >= 4 is 17.9 Å². The summed E-state index contributed by atoms with van der Waals surface area (Å²) in [6.07, 6.45) is 1.59. The van der Waals surface area contributed by atoms with E-state index in [1.807, 2.05) is 32.0 Å². The zero-order chi connectivity index (χ0) is 19.9. The Labute approximate surface area is 163 Å². The van der Waals surface area contributed by atoms with Crippen molar-refractivity contribution in [3.63, 3.8) is 0 Å². The number of nitrogens with zero attached hydrogens (tertiary/aromatic N) is 2. The summed E-state index contributed by atoms with van der Waals surface area (Å²) in [6.45, 7) is 3.78. The molecule has 1 N–H and O–H groups in total. The fraction of sp³-hybridized carbons (Fsp3) is 0.136. The molecular weight excluding hydrogens is 354 g/mol. The Bertz CT molecular complexity index is 1060. The third-order valence-corrected chi connectivity index (χ3v) is 4.04. The molecule has 0 aliphatic rings. The lowest BCUT2D eigenvalue weighted by molar-refractivity contribution is 0.0555. The van der Waals surface area contributed by atoms with Gasteiger partial charge in [0.05, 0.1) is 17.5 Å². The van der Waals surface area contributed by atoms with E-state index < -0.39 is 5.97 Å². The first kappa shape index (κ1) is 18.9. The molecule has 28 heavy (non-hydrogen) atoms. The molecule has 6 heteroatoms. The minimum Gasteiger partial charge on any atom is -0.455 e. The van der Waals surface area contributed by atoms with Crippen LogP contribution < -0.4 is 5.43 Å². The van der Waals surface area contributed by atoms with Crippen molar-refractivity contribution in [2.24, 2.45) is 5.10 Å². The van der Waals surface area contributed by atoms with Gasteiger partial charge in [-0.15, -0.1) is 0 Å². The molecule has 0 spiro atoms. The summed E-state index contributed by atoms with van der Waals surface area (Å²) in [5.74, 6) is 0.627. The molecule has 2 aromatic carbocycles. The zero-order valence-corrected chi connectivity index (χ0v) is 15.6. The van der Waals surface area contributed by atoms with Gasteiger partial charge in [-0.1, -0.05) is 29.8 Å². The maximum atomic E-state index is 11.9. The number of hydrogen-bond donors (Lipinski definition) is 1. The van der Waals surface area contributed by atoms with Gasteiger partial charge in [0.1, 0.15) is 17.6 Å². The quantitative estimate of drug-likeness (QED) is 0.385. The molecule has 0 bridgehead atoms. The van der Waals surface area contributed by atoms with Crippen LogP contribution in [0, 0.1) is 25.2 Å². The van der Waals surface area contributed by atoms with E-state index in [2.05, 4.69) is 16.6 Å². The standard InChI is InChI=1S/C22H19N3O3/c1-15-6-8-20(16(2)12-15)25-24-14-19-7-9-21(28-19)17-4-3-5-18(13-17)22(26)27-11-10-23/h3-9,12-14,25H,11H2,1-2H3/b24-14-. The van der Waals surface area contributed by atoms with E-state index in [4.69, 9.17) is 14.4 Å². The minimum absolute atomic E-state index is 0.280. The number of esters is 1. The number of benzene rings is 2. The molecule has 0 radical (unpaired) electrons. The van der Waals surface area contributed by atoms with Crippen LogP contribution in [-0.2, 0) is 4.74 Å². The van der Waals surface area contributed by atoms with Crippen LogP contribution in [0.2, 0.25) is 0 Å². The number of furan rings is 1. The van der Waals surface area contributed by atoms with Crippen molar-refractivity contribution in [3.05, 3.63) is 77.0 Å². The number of anilines is 1. The molecule has 3 rings (SSSR count). The van der Waals surface area contributed by atoms with Crippen molar-refractivity contribution in [1.29, 1.82) is 5.26 Å². The maximum absolute atomic E-state index is 11.9. The Kier molecular flexibility index (Phi) is 5.87. The van der Waals surface area contributed by atoms with Crippen LogP contribution in [0.25, 0.3) is 11.3 Å². The van der Waals surface area contributed by atoms with E-state index in [1.54, 1.807) is 42.6 Å². The number of rotatable bonds is 6. The summed E-state index contributed by atoms with van der Waals surface area (Å²) in [5, 5.41) is 12.7. The second kappa shape index (κ2) is 8.69. The summed E-state index contributed by atoms with van der Waals surface area (Å²) < 4.78 is 10.6. The largest absolute Gasteiger partial charge is 0.455 e. The number of hydrogen-bond acceptors (Lipinski definition) is 6. The Morgan fingerprint density at radius 2 is 2.07 bits per heavy atom. The van der Waals surface area contributed by atoms with E-state index in [1.165, 1.54) is 5.56 Å². The van der Waals surface area contributed by atoms with Crippen LogP contribution >= 0.6 is 0 Å². The number of ether oxygens (including phenoxy) is 1. The van der Waals surface area contributed by atoms with Crippen molar-refractivity contribution in [2.75, 3.05) is 12.0 Å². The van der Waals surface area contributed by atoms with Crippen LogP contribution in [0.1, 0.15) is 27.2 Å². The van der Waals surface area contributed by atoms with Gasteiger partial charge < -0.3 is 9.15 Å². The second-order valence-corrected chi connectivity index (χ2v) is 6.21. The third-order valence-electron chi connectivity index (χ3n) is 4.04. The van der Waals surface area contributed by atoms with Crippen molar-refractivity contribution < 1.29 is 13.9 Å². The van der Waals surface area contributed by atoms with Crippen LogP contribution in [-0.4, -0.2) is 18.8 Å². The van der Waals surface area contributed by atoms with Crippen LogP contribution in [0.3, 0.4) is 0 Å². The molecule has 0 fully saturated rings. The molecule has 0 amide bonds. The fourth-order valence-corrected chi connectivity index (χ4v) is 2.66. The first-order valence-corrected chi connectivity index (χ1v) is 8.67. The molecule has 0 atom stereocenters. The van der Waals surface area contributed by atoms with E-state index in [0.717, 1.165) is 16.8 Å². The number of carbonyl (C=O) groups is 1.